The first-order chi connectivity index (χ1) is 11.2. The predicted octanol–water partition coefficient (Wildman–Crippen LogP) is 3.31. The average molecular weight is 313 g/mol. The van der Waals surface area contributed by atoms with Crippen LogP contribution >= 0.6 is 0 Å². The fourth-order valence-corrected chi connectivity index (χ4v) is 3.14. The van der Waals surface area contributed by atoms with Gasteiger partial charge < -0.3 is 14.6 Å². The number of hydrogen-bond acceptors (Lipinski definition) is 5. The minimum atomic E-state index is -0.301. The third-order valence-corrected chi connectivity index (χ3v) is 4.62. The van der Waals surface area contributed by atoms with Crippen LogP contribution in [-0.2, 0) is 11.2 Å². The van der Waals surface area contributed by atoms with E-state index in [1.807, 2.05) is 12.1 Å². The maximum Gasteiger partial charge on any atom is 0.407 e. The van der Waals surface area contributed by atoms with Crippen molar-refractivity contribution in [2.75, 3.05) is 0 Å². The van der Waals surface area contributed by atoms with Gasteiger partial charge in [-0.15, -0.1) is 0 Å². The smallest absolute Gasteiger partial charge is 0.407 e. The lowest BCUT2D eigenvalue weighted by Gasteiger charge is -2.26. The average Bonchev–Trinajstić information content (AvgIpc) is 3.09. The van der Waals surface area contributed by atoms with Crippen LogP contribution in [0.15, 0.2) is 22.7 Å². The number of nitrogens with zero attached hydrogens (tertiary/aromatic N) is 2. The molecule has 1 fully saturated rings. The predicted molar refractivity (Wildman–Crippen MR) is 82.8 cm³/mol. The molecule has 2 aromatic rings. The summed E-state index contributed by atoms with van der Waals surface area (Å²) in [7, 11) is 0. The van der Waals surface area contributed by atoms with Crippen LogP contribution in [0.2, 0.25) is 0 Å². The molecule has 1 aromatic heterocycles. The topological polar surface area (TPSA) is 77.2 Å². The molecule has 0 bridgehead atoms. The van der Waals surface area contributed by atoms with Crippen LogP contribution in [0.1, 0.15) is 48.7 Å². The Morgan fingerprint density at radius 2 is 2.22 bits per heavy atom. The molecule has 6 nitrogen and oxygen atoms in total. The molecule has 0 radical (unpaired) electrons. The number of hydrogen-bond donors (Lipinski definition) is 1. The highest BCUT2D eigenvalue weighted by molar-refractivity contribution is 5.69. The van der Waals surface area contributed by atoms with E-state index in [4.69, 9.17) is 9.26 Å². The van der Waals surface area contributed by atoms with Crippen molar-refractivity contribution in [1.29, 1.82) is 0 Å². The Kier molecular flexibility index (Phi) is 3.52. The van der Waals surface area contributed by atoms with Gasteiger partial charge >= 0.3 is 6.09 Å². The molecule has 1 aromatic carbocycles. The second kappa shape index (κ2) is 5.68. The van der Waals surface area contributed by atoms with E-state index in [0.29, 0.717) is 11.7 Å². The molecule has 23 heavy (non-hydrogen) atoms. The van der Waals surface area contributed by atoms with Crippen LogP contribution in [0.25, 0.3) is 11.4 Å². The maximum absolute atomic E-state index is 11.9. The van der Waals surface area contributed by atoms with Crippen molar-refractivity contribution < 1.29 is 14.1 Å². The van der Waals surface area contributed by atoms with Gasteiger partial charge in [0.15, 0.2) is 0 Å². The Bertz CT molecular complexity index is 736. The van der Waals surface area contributed by atoms with Crippen LogP contribution in [0, 0.1) is 6.92 Å². The highest BCUT2D eigenvalue weighted by Crippen LogP contribution is 2.34. The van der Waals surface area contributed by atoms with Gasteiger partial charge in [-0.25, -0.2) is 4.79 Å². The minimum absolute atomic E-state index is 0.0265. The standard InChI is InChI=1S/C17H19N3O3/c1-10-18-16(20-23-10)12-5-7-14-11(9-12)6-8-15(14)19-17(21)22-13-3-2-4-13/h5,7,9,13,15H,2-4,6,8H2,1H3,(H,19,21)/t15-/m1/s1. The second-order valence-corrected chi connectivity index (χ2v) is 6.24. The lowest BCUT2D eigenvalue weighted by Crippen LogP contribution is -2.34. The molecular formula is C17H19N3O3. The lowest BCUT2D eigenvalue weighted by atomic mass is 9.96. The number of carbonyl (C=O) groups excluding carboxylic acids is 1. The summed E-state index contributed by atoms with van der Waals surface area (Å²) in [5.74, 6) is 1.16. The first-order valence-electron chi connectivity index (χ1n) is 8.10. The molecule has 0 saturated heterocycles. The molecule has 1 amide bonds. The molecular weight excluding hydrogens is 294 g/mol. The molecule has 1 N–H and O–H groups in total. The van der Waals surface area contributed by atoms with Crippen molar-refractivity contribution >= 4 is 6.09 Å². The number of alkyl carbamates (subject to hydrolysis) is 1. The molecule has 4 rings (SSSR count). The van der Waals surface area contributed by atoms with Crippen molar-refractivity contribution in [2.24, 2.45) is 0 Å². The van der Waals surface area contributed by atoms with E-state index >= 15 is 0 Å². The van der Waals surface area contributed by atoms with Crippen molar-refractivity contribution in [2.45, 2.75) is 51.2 Å². The Morgan fingerprint density at radius 1 is 1.35 bits per heavy atom. The van der Waals surface area contributed by atoms with E-state index in [9.17, 15) is 4.79 Å². The molecule has 6 heteroatoms. The van der Waals surface area contributed by atoms with E-state index in [1.165, 1.54) is 5.56 Å². The third-order valence-electron chi connectivity index (χ3n) is 4.62. The Labute approximate surface area is 134 Å². The van der Waals surface area contributed by atoms with Crippen LogP contribution in [0.4, 0.5) is 4.79 Å². The van der Waals surface area contributed by atoms with Gasteiger partial charge in [-0.3, -0.25) is 0 Å². The number of fused-ring (bicyclic) bond motifs is 1. The van der Waals surface area contributed by atoms with Crippen LogP contribution < -0.4 is 5.32 Å². The Morgan fingerprint density at radius 3 is 2.91 bits per heavy atom. The summed E-state index contributed by atoms with van der Waals surface area (Å²) >= 11 is 0. The van der Waals surface area contributed by atoms with E-state index in [2.05, 4.69) is 21.5 Å². The number of aromatic nitrogens is 2. The number of aryl methyl sites for hydroxylation is 2. The largest absolute Gasteiger partial charge is 0.446 e. The summed E-state index contributed by atoms with van der Waals surface area (Å²) in [6.07, 6.45) is 4.76. The molecule has 1 saturated carbocycles. The zero-order chi connectivity index (χ0) is 15.8. The van der Waals surface area contributed by atoms with E-state index in [1.54, 1.807) is 6.92 Å². The molecule has 1 heterocycles. The van der Waals surface area contributed by atoms with Crippen LogP contribution in [0.5, 0.6) is 0 Å². The van der Waals surface area contributed by atoms with Crippen LogP contribution in [-0.4, -0.2) is 22.3 Å². The van der Waals surface area contributed by atoms with E-state index in [0.717, 1.165) is 43.2 Å². The van der Waals surface area contributed by atoms with Gasteiger partial charge in [-0.1, -0.05) is 17.3 Å². The van der Waals surface area contributed by atoms with E-state index < -0.39 is 0 Å². The summed E-state index contributed by atoms with van der Waals surface area (Å²) in [5, 5.41) is 6.94. The lowest BCUT2D eigenvalue weighted by molar-refractivity contribution is 0.0504. The summed E-state index contributed by atoms with van der Waals surface area (Å²) in [6.45, 7) is 1.78. The molecule has 0 unspecified atom stereocenters. The molecule has 2 aliphatic rings. The first-order valence-corrected chi connectivity index (χ1v) is 8.10. The quantitative estimate of drug-likeness (QED) is 0.940. The molecule has 2 aliphatic carbocycles. The Hall–Kier alpha value is -2.37. The third kappa shape index (κ3) is 2.81. The number of benzene rings is 1. The normalized spacial score (nSPS) is 20.0. The van der Waals surface area contributed by atoms with Crippen molar-refractivity contribution in [3.8, 4) is 11.4 Å². The highest BCUT2D eigenvalue weighted by Gasteiger charge is 2.27. The summed E-state index contributed by atoms with van der Waals surface area (Å²) in [6, 6.07) is 6.12. The highest BCUT2D eigenvalue weighted by atomic mass is 16.6. The summed E-state index contributed by atoms with van der Waals surface area (Å²) < 4.78 is 10.4. The number of nitrogens with one attached hydrogen (secondary N) is 1. The number of ether oxygens (including phenoxy) is 1. The van der Waals surface area contributed by atoms with Crippen molar-refractivity contribution in [3.63, 3.8) is 0 Å². The SMILES string of the molecule is Cc1nc(-c2ccc3c(c2)CC[C@H]3NC(=O)OC2CCC2)no1. The fraction of sp³-hybridized carbons (Fsp3) is 0.471. The first kappa shape index (κ1) is 14.2. The fourth-order valence-electron chi connectivity index (χ4n) is 3.14. The van der Waals surface area contributed by atoms with E-state index in [-0.39, 0.29) is 18.2 Å². The van der Waals surface area contributed by atoms with Gasteiger partial charge in [0, 0.05) is 12.5 Å². The van der Waals surface area contributed by atoms with Gasteiger partial charge in [0.25, 0.3) is 0 Å². The maximum atomic E-state index is 11.9. The van der Waals surface area contributed by atoms with Crippen LogP contribution in [0.3, 0.4) is 0 Å². The number of rotatable bonds is 3. The van der Waals surface area contributed by atoms with Gasteiger partial charge in [-0.05, 0) is 49.3 Å². The zero-order valence-corrected chi connectivity index (χ0v) is 13.0. The van der Waals surface area contributed by atoms with Crippen molar-refractivity contribution in [3.05, 3.63) is 35.2 Å². The monoisotopic (exact) mass is 313 g/mol. The molecule has 0 spiro atoms. The van der Waals surface area contributed by atoms with Gasteiger partial charge in [0.05, 0.1) is 6.04 Å². The molecule has 0 aliphatic heterocycles. The molecule has 1 atom stereocenters. The Balaban J connectivity index is 1.47. The summed E-state index contributed by atoms with van der Waals surface area (Å²) in [5.41, 5.74) is 3.32. The molecule has 120 valence electrons. The number of amides is 1. The van der Waals surface area contributed by atoms with Gasteiger partial charge in [-0.2, -0.15) is 4.98 Å². The van der Waals surface area contributed by atoms with Gasteiger partial charge in [0.2, 0.25) is 11.7 Å². The summed E-state index contributed by atoms with van der Waals surface area (Å²) in [4.78, 5) is 16.2. The minimum Gasteiger partial charge on any atom is -0.446 e. The van der Waals surface area contributed by atoms with Gasteiger partial charge in [0.1, 0.15) is 6.10 Å². The second-order valence-electron chi connectivity index (χ2n) is 6.24. The zero-order valence-electron chi connectivity index (χ0n) is 13.0. The number of carbonyl (C=O) groups is 1. The van der Waals surface area contributed by atoms with Crippen molar-refractivity contribution in [1.82, 2.24) is 15.5 Å².